The Bertz CT molecular complexity index is 684. The third kappa shape index (κ3) is 4.15. The fourth-order valence-corrected chi connectivity index (χ4v) is 3.55. The number of hydrogen-bond acceptors (Lipinski definition) is 5. The van der Waals surface area contributed by atoms with Gasteiger partial charge >= 0.3 is 5.97 Å². The molecule has 1 aromatic rings. The molecule has 1 aromatic carbocycles. The van der Waals surface area contributed by atoms with E-state index in [1.165, 1.54) is 12.0 Å². The topological polar surface area (TPSA) is 84.9 Å². The number of esters is 1. The summed E-state index contributed by atoms with van der Waals surface area (Å²) >= 11 is 0. The van der Waals surface area contributed by atoms with Gasteiger partial charge in [0.1, 0.15) is 5.75 Å². The zero-order valence-electron chi connectivity index (χ0n) is 14.9. The van der Waals surface area contributed by atoms with Gasteiger partial charge in [0.2, 0.25) is 5.91 Å². The van der Waals surface area contributed by atoms with Crippen molar-refractivity contribution in [2.45, 2.75) is 38.1 Å². The molecule has 0 aromatic heterocycles. The first-order valence-corrected chi connectivity index (χ1v) is 8.98. The Morgan fingerprint density at radius 2 is 1.96 bits per heavy atom. The highest BCUT2D eigenvalue weighted by atomic mass is 16.5. The first kappa shape index (κ1) is 18.2. The normalized spacial score (nSPS) is 20.3. The minimum atomic E-state index is -0.577. The van der Waals surface area contributed by atoms with Gasteiger partial charge in [0.15, 0.2) is 6.61 Å². The van der Waals surface area contributed by atoms with Crippen LogP contribution in [-0.4, -0.2) is 44.1 Å². The Kier molecular flexibility index (Phi) is 5.75. The van der Waals surface area contributed by atoms with Crippen LogP contribution in [0.5, 0.6) is 5.75 Å². The van der Waals surface area contributed by atoms with Crippen LogP contribution >= 0.6 is 0 Å². The molecular weight excluding hydrogens is 336 g/mol. The van der Waals surface area contributed by atoms with Crippen LogP contribution in [0.3, 0.4) is 0 Å². The highest BCUT2D eigenvalue weighted by molar-refractivity contribution is 6.00. The lowest BCUT2D eigenvalue weighted by molar-refractivity contribution is -0.152. The van der Waals surface area contributed by atoms with Crippen LogP contribution in [-0.2, 0) is 19.1 Å². The molecule has 1 saturated heterocycles. The van der Waals surface area contributed by atoms with Gasteiger partial charge in [0.05, 0.1) is 18.7 Å². The van der Waals surface area contributed by atoms with Crippen LogP contribution in [0.15, 0.2) is 24.3 Å². The van der Waals surface area contributed by atoms with E-state index in [1.807, 2.05) is 12.1 Å². The van der Waals surface area contributed by atoms with Crippen LogP contribution in [0.2, 0.25) is 0 Å². The lowest BCUT2D eigenvalue weighted by Gasteiger charge is -2.19. The second kappa shape index (κ2) is 8.21. The molecule has 1 aliphatic heterocycles. The second-order valence-corrected chi connectivity index (χ2v) is 6.73. The van der Waals surface area contributed by atoms with Crippen molar-refractivity contribution in [3.05, 3.63) is 24.3 Å². The van der Waals surface area contributed by atoms with Crippen LogP contribution < -0.4 is 15.0 Å². The summed E-state index contributed by atoms with van der Waals surface area (Å²) in [6, 6.07) is 7.36. The maximum absolute atomic E-state index is 12.3. The zero-order valence-corrected chi connectivity index (χ0v) is 14.9. The molecule has 0 unspecified atom stereocenters. The standard InChI is InChI=1S/C19H24N2O5/c1-25-16-9-5-4-8-15(16)21-11-13(10-18(21)23)19(24)26-12-17(22)20-14-6-2-3-7-14/h4-5,8-9,13-14H,2-3,6-7,10-12H2,1H3,(H,20,22)/t13-/m1/s1. The molecule has 2 aliphatic rings. The molecule has 0 spiro atoms. The molecule has 1 heterocycles. The van der Waals surface area contributed by atoms with Gasteiger partial charge in [-0.1, -0.05) is 25.0 Å². The maximum Gasteiger partial charge on any atom is 0.311 e. The number of carbonyl (C=O) groups excluding carboxylic acids is 3. The van der Waals surface area contributed by atoms with Gasteiger partial charge in [-0.15, -0.1) is 0 Å². The van der Waals surface area contributed by atoms with Crippen molar-refractivity contribution in [2.24, 2.45) is 5.92 Å². The van der Waals surface area contributed by atoms with Crippen molar-refractivity contribution in [1.29, 1.82) is 0 Å². The van der Waals surface area contributed by atoms with E-state index < -0.39 is 11.9 Å². The summed E-state index contributed by atoms with van der Waals surface area (Å²) in [5.41, 5.74) is 0.634. The Labute approximate surface area is 152 Å². The van der Waals surface area contributed by atoms with E-state index in [9.17, 15) is 14.4 Å². The van der Waals surface area contributed by atoms with Crippen LogP contribution in [0.4, 0.5) is 5.69 Å². The van der Waals surface area contributed by atoms with Crippen molar-refractivity contribution in [1.82, 2.24) is 5.32 Å². The minimum absolute atomic E-state index is 0.0706. The van der Waals surface area contributed by atoms with Crippen LogP contribution in [0.1, 0.15) is 32.1 Å². The van der Waals surface area contributed by atoms with Gasteiger partial charge in [-0.2, -0.15) is 0 Å². The molecule has 1 aliphatic carbocycles. The Morgan fingerprint density at radius 1 is 1.23 bits per heavy atom. The predicted molar refractivity (Wildman–Crippen MR) is 94.8 cm³/mol. The van der Waals surface area contributed by atoms with E-state index in [2.05, 4.69) is 5.32 Å². The molecule has 0 bridgehead atoms. The number of para-hydroxylation sites is 2. The number of nitrogens with one attached hydrogen (secondary N) is 1. The molecule has 7 heteroatoms. The lowest BCUT2D eigenvalue weighted by Crippen LogP contribution is -2.36. The van der Waals surface area contributed by atoms with Crippen LogP contribution in [0.25, 0.3) is 0 Å². The van der Waals surface area contributed by atoms with Gasteiger partial charge in [-0.3, -0.25) is 14.4 Å². The minimum Gasteiger partial charge on any atom is -0.495 e. The van der Waals surface area contributed by atoms with Gasteiger partial charge < -0.3 is 19.7 Å². The van der Waals surface area contributed by atoms with Gasteiger partial charge in [-0.05, 0) is 25.0 Å². The number of rotatable bonds is 6. The first-order chi connectivity index (χ1) is 12.6. The van der Waals surface area contributed by atoms with E-state index in [1.54, 1.807) is 12.1 Å². The van der Waals surface area contributed by atoms with E-state index in [-0.39, 0.29) is 37.4 Å². The molecule has 1 N–H and O–H groups in total. The number of hydrogen-bond donors (Lipinski definition) is 1. The summed E-state index contributed by atoms with van der Waals surface area (Å²) in [5.74, 6) is -0.960. The predicted octanol–water partition coefficient (Wildman–Crippen LogP) is 1.65. The van der Waals surface area contributed by atoms with Crippen LogP contribution in [0, 0.1) is 5.92 Å². The molecule has 1 saturated carbocycles. The Morgan fingerprint density at radius 3 is 2.69 bits per heavy atom. The van der Waals surface area contributed by atoms with Gasteiger partial charge in [0.25, 0.3) is 5.91 Å². The quantitative estimate of drug-likeness (QED) is 0.780. The second-order valence-electron chi connectivity index (χ2n) is 6.73. The molecule has 26 heavy (non-hydrogen) atoms. The average Bonchev–Trinajstić information content (AvgIpc) is 3.29. The molecule has 1 atom stereocenters. The van der Waals surface area contributed by atoms with Crippen molar-refractivity contribution < 1.29 is 23.9 Å². The van der Waals surface area contributed by atoms with Crippen molar-refractivity contribution in [3.63, 3.8) is 0 Å². The Balaban J connectivity index is 1.52. The van der Waals surface area contributed by atoms with E-state index in [0.29, 0.717) is 11.4 Å². The summed E-state index contributed by atoms with van der Waals surface area (Å²) in [7, 11) is 1.54. The summed E-state index contributed by atoms with van der Waals surface area (Å²) in [6.45, 7) is -0.0725. The van der Waals surface area contributed by atoms with Crippen molar-refractivity contribution in [2.75, 3.05) is 25.2 Å². The number of anilines is 1. The molecule has 2 amide bonds. The molecular formula is C19H24N2O5. The molecule has 2 fully saturated rings. The third-order valence-electron chi connectivity index (χ3n) is 4.90. The smallest absolute Gasteiger partial charge is 0.311 e. The first-order valence-electron chi connectivity index (χ1n) is 8.98. The maximum atomic E-state index is 12.3. The third-order valence-corrected chi connectivity index (χ3v) is 4.90. The van der Waals surface area contributed by atoms with Crippen molar-refractivity contribution in [3.8, 4) is 5.75 Å². The lowest BCUT2D eigenvalue weighted by atomic mass is 10.1. The molecule has 7 nitrogen and oxygen atoms in total. The number of ether oxygens (including phenoxy) is 2. The average molecular weight is 360 g/mol. The summed E-state index contributed by atoms with van der Waals surface area (Å²) in [5, 5.41) is 2.87. The number of carbonyl (C=O) groups is 3. The van der Waals surface area contributed by atoms with E-state index in [0.717, 1.165) is 25.7 Å². The molecule has 140 valence electrons. The number of benzene rings is 1. The number of nitrogens with zero attached hydrogens (tertiary/aromatic N) is 1. The largest absolute Gasteiger partial charge is 0.495 e. The SMILES string of the molecule is COc1ccccc1N1C[C@H](C(=O)OCC(=O)NC2CCCC2)CC1=O. The fraction of sp³-hybridized carbons (Fsp3) is 0.526. The summed E-state index contributed by atoms with van der Waals surface area (Å²) < 4.78 is 10.4. The van der Waals surface area contributed by atoms with E-state index >= 15 is 0 Å². The fourth-order valence-electron chi connectivity index (χ4n) is 3.55. The monoisotopic (exact) mass is 360 g/mol. The summed E-state index contributed by atoms with van der Waals surface area (Å²) in [4.78, 5) is 38.0. The highest BCUT2D eigenvalue weighted by Crippen LogP contribution is 2.33. The summed E-state index contributed by atoms with van der Waals surface area (Å²) in [6.07, 6.45) is 4.26. The van der Waals surface area contributed by atoms with Gasteiger partial charge in [0, 0.05) is 19.0 Å². The highest BCUT2D eigenvalue weighted by Gasteiger charge is 2.37. The van der Waals surface area contributed by atoms with Gasteiger partial charge in [-0.25, -0.2) is 0 Å². The number of amides is 2. The number of methoxy groups -OCH3 is 1. The zero-order chi connectivity index (χ0) is 18.5. The Hall–Kier alpha value is -2.57. The van der Waals surface area contributed by atoms with Crippen molar-refractivity contribution >= 4 is 23.5 Å². The van der Waals surface area contributed by atoms with E-state index in [4.69, 9.17) is 9.47 Å². The molecule has 0 radical (unpaired) electrons. The molecule has 3 rings (SSSR count).